The topological polar surface area (TPSA) is 59.2 Å². The Balaban J connectivity index is 1.73. The van der Waals surface area contributed by atoms with Crippen molar-refractivity contribution in [2.75, 3.05) is 13.1 Å². The Morgan fingerprint density at radius 1 is 1.21 bits per heavy atom. The number of nitrogens with zero attached hydrogens (tertiary/aromatic N) is 3. The monoisotopic (exact) mass is 257 g/mol. The van der Waals surface area contributed by atoms with Crippen molar-refractivity contribution in [3.63, 3.8) is 0 Å². The van der Waals surface area contributed by atoms with Crippen molar-refractivity contribution in [2.45, 2.75) is 19.4 Å². The van der Waals surface area contributed by atoms with Gasteiger partial charge in [-0.1, -0.05) is 29.4 Å². The van der Waals surface area contributed by atoms with Gasteiger partial charge in [0.05, 0.1) is 6.54 Å². The molecule has 1 aromatic carbocycles. The third-order valence-electron chi connectivity index (χ3n) is 3.33. The number of aldehydes is 1. The average Bonchev–Trinajstić information content (AvgIpc) is 3.11. The fourth-order valence-electron chi connectivity index (χ4n) is 2.28. The van der Waals surface area contributed by atoms with E-state index in [1.54, 1.807) is 12.1 Å². The van der Waals surface area contributed by atoms with Crippen LogP contribution in [0.3, 0.4) is 0 Å². The maximum atomic E-state index is 10.6. The molecule has 0 amide bonds. The number of carbonyl (C=O) groups excluding carboxylic acids is 1. The van der Waals surface area contributed by atoms with Crippen molar-refractivity contribution in [1.29, 1.82) is 0 Å². The Morgan fingerprint density at radius 2 is 1.95 bits per heavy atom. The van der Waals surface area contributed by atoms with E-state index in [0.717, 1.165) is 31.5 Å². The van der Waals surface area contributed by atoms with E-state index < -0.39 is 0 Å². The van der Waals surface area contributed by atoms with Crippen molar-refractivity contribution < 1.29 is 9.32 Å². The molecule has 0 saturated carbocycles. The molecule has 1 fully saturated rings. The van der Waals surface area contributed by atoms with E-state index in [9.17, 15) is 4.79 Å². The maximum absolute atomic E-state index is 10.6. The van der Waals surface area contributed by atoms with Gasteiger partial charge in [-0.15, -0.1) is 0 Å². The van der Waals surface area contributed by atoms with Crippen LogP contribution in [0.5, 0.6) is 0 Å². The van der Waals surface area contributed by atoms with Gasteiger partial charge in [-0.2, -0.15) is 4.98 Å². The Bertz CT molecular complexity index is 556. The van der Waals surface area contributed by atoms with Crippen LogP contribution in [0.1, 0.15) is 29.1 Å². The minimum atomic E-state index is 0.576. The summed E-state index contributed by atoms with van der Waals surface area (Å²) in [7, 11) is 0. The van der Waals surface area contributed by atoms with Crippen LogP contribution in [0.15, 0.2) is 28.8 Å². The van der Waals surface area contributed by atoms with Crippen LogP contribution < -0.4 is 0 Å². The highest BCUT2D eigenvalue weighted by atomic mass is 16.5. The Labute approximate surface area is 111 Å². The first-order valence-electron chi connectivity index (χ1n) is 6.46. The zero-order valence-corrected chi connectivity index (χ0v) is 10.6. The lowest BCUT2D eigenvalue weighted by Crippen LogP contribution is -2.18. The molecule has 19 heavy (non-hydrogen) atoms. The fraction of sp³-hybridized carbons (Fsp3) is 0.357. The molecule has 1 aliphatic rings. The highest BCUT2D eigenvalue weighted by Gasteiger charge is 2.16. The number of hydrogen-bond acceptors (Lipinski definition) is 5. The van der Waals surface area contributed by atoms with Crippen LogP contribution in [-0.4, -0.2) is 34.4 Å². The molecule has 0 spiro atoms. The van der Waals surface area contributed by atoms with Gasteiger partial charge in [-0.3, -0.25) is 9.69 Å². The standard InChI is InChI=1S/C14H15N3O2/c18-10-11-3-5-12(6-4-11)14-15-13(19-16-14)9-17-7-1-2-8-17/h3-6,10H,1-2,7-9H2. The third-order valence-corrected chi connectivity index (χ3v) is 3.33. The van der Waals surface area contributed by atoms with E-state index in [1.807, 2.05) is 12.1 Å². The smallest absolute Gasteiger partial charge is 0.241 e. The second-order valence-corrected chi connectivity index (χ2v) is 4.73. The molecule has 0 bridgehead atoms. The van der Waals surface area contributed by atoms with Gasteiger partial charge in [0, 0.05) is 11.1 Å². The lowest BCUT2D eigenvalue weighted by Gasteiger charge is -2.09. The van der Waals surface area contributed by atoms with Crippen LogP contribution in [0.4, 0.5) is 0 Å². The van der Waals surface area contributed by atoms with Crippen LogP contribution in [0.2, 0.25) is 0 Å². The molecular formula is C14H15N3O2. The van der Waals surface area contributed by atoms with Crippen molar-refractivity contribution in [3.05, 3.63) is 35.7 Å². The summed E-state index contributed by atoms with van der Waals surface area (Å²) in [6, 6.07) is 7.15. The van der Waals surface area contributed by atoms with Crippen molar-refractivity contribution in [3.8, 4) is 11.4 Å². The molecule has 5 heteroatoms. The lowest BCUT2D eigenvalue weighted by atomic mass is 10.1. The minimum absolute atomic E-state index is 0.576. The Hall–Kier alpha value is -2.01. The van der Waals surface area contributed by atoms with Gasteiger partial charge >= 0.3 is 0 Å². The second kappa shape index (κ2) is 5.32. The number of likely N-dealkylation sites (tertiary alicyclic amines) is 1. The van der Waals surface area contributed by atoms with E-state index in [2.05, 4.69) is 15.0 Å². The predicted molar refractivity (Wildman–Crippen MR) is 69.6 cm³/mol. The first-order valence-corrected chi connectivity index (χ1v) is 6.46. The summed E-state index contributed by atoms with van der Waals surface area (Å²) >= 11 is 0. The highest BCUT2D eigenvalue weighted by molar-refractivity contribution is 5.76. The molecule has 1 aliphatic heterocycles. The summed E-state index contributed by atoms with van der Waals surface area (Å²) < 4.78 is 5.27. The highest BCUT2D eigenvalue weighted by Crippen LogP contribution is 2.18. The van der Waals surface area contributed by atoms with Crippen LogP contribution in [0, 0.1) is 0 Å². The number of rotatable bonds is 4. The normalized spacial score (nSPS) is 15.8. The van der Waals surface area contributed by atoms with E-state index in [0.29, 0.717) is 17.3 Å². The first kappa shape index (κ1) is 12.0. The minimum Gasteiger partial charge on any atom is -0.338 e. The fourth-order valence-corrected chi connectivity index (χ4v) is 2.28. The summed E-state index contributed by atoms with van der Waals surface area (Å²) in [5.74, 6) is 1.23. The zero-order valence-electron chi connectivity index (χ0n) is 10.6. The van der Waals surface area contributed by atoms with Crippen molar-refractivity contribution in [1.82, 2.24) is 15.0 Å². The van der Waals surface area contributed by atoms with Gasteiger partial charge in [-0.25, -0.2) is 0 Å². The lowest BCUT2D eigenvalue weighted by molar-refractivity contribution is 0.112. The molecule has 0 N–H and O–H groups in total. The van der Waals surface area contributed by atoms with E-state index in [1.165, 1.54) is 12.8 Å². The molecule has 0 aliphatic carbocycles. The van der Waals surface area contributed by atoms with Gasteiger partial charge in [0.15, 0.2) is 0 Å². The third kappa shape index (κ3) is 2.71. The molecule has 0 atom stereocenters. The largest absolute Gasteiger partial charge is 0.338 e. The summed E-state index contributed by atoms with van der Waals surface area (Å²) in [6.07, 6.45) is 3.31. The first-order chi connectivity index (χ1) is 9.35. The quantitative estimate of drug-likeness (QED) is 0.785. The molecular weight excluding hydrogens is 242 g/mol. The second-order valence-electron chi connectivity index (χ2n) is 4.73. The average molecular weight is 257 g/mol. The Kier molecular flexibility index (Phi) is 3.37. The number of carbonyl (C=O) groups is 1. The zero-order chi connectivity index (χ0) is 13.1. The summed E-state index contributed by atoms with van der Waals surface area (Å²) in [5.41, 5.74) is 1.51. The van der Waals surface area contributed by atoms with Gasteiger partial charge in [0.1, 0.15) is 6.29 Å². The van der Waals surface area contributed by atoms with Crippen molar-refractivity contribution >= 4 is 6.29 Å². The number of hydrogen-bond donors (Lipinski definition) is 0. The van der Waals surface area contributed by atoms with Crippen molar-refractivity contribution in [2.24, 2.45) is 0 Å². The van der Waals surface area contributed by atoms with Gasteiger partial charge in [-0.05, 0) is 25.9 Å². The number of benzene rings is 1. The molecule has 0 radical (unpaired) electrons. The molecule has 3 rings (SSSR count). The summed E-state index contributed by atoms with van der Waals surface area (Å²) in [4.78, 5) is 17.3. The van der Waals surface area contributed by atoms with E-state index in [4.69, 9.17) is 4.52 Å². The molecule has 2 heterocycles. The number of aromatic nitrogens is 2. The molecule has 5 nitrogen and oxygen atoms in total. The van der Waals surface area contributed by atoms with Crippen LogP contribution >= 0.6 is 0 Å². The van der Waals surface area contributed by atoms with Crippen LogP contribution in [-0.2, 0) is 6.54 Å². The predicted octanol–water partition coefficient (Wildman–Crippen LogP) is 2.14. The van der Waals surface area contributed by atoms with Crippen LogP contribution in [0.25, 0.3) is 11.4 Å². The van der Waals surface area contributed by atoms with Gasteiger partial charge < -0.3 is 4.52 Å². The molecule has 1 aromatic heterocycles. The van der Waals surface area contributed by atoms with E-state index in [-0.39, 0.29) is 0 Å². The van der Waals surface area contributed by atoms with E-state index >= 15 is 0 Å². The summed E-state index contributed by atoms with van der Waals surface area (Å²) in [5, 5.41) is 3.98. The maximum Gasteiger partial charge on any atom is 0.241 e. The summed E-state index contributed by atoms with van der Waals surface area (Å²) in [6.45, 7) is 2.93. The molecule has 1 saturated heterocycles. The van der Waals surface area contributed by atoms with Gasteiger partial charge in [0.2, 0.25) is 11.7 Å². The Morgan fingerprint density at radius 3 is 2.63 bits per heavy atom. The molecule has 98 valence electrons. The van der Waals surface area contributed by atoms with Gasteiger partial charge in [0.25, 0.3) is 0 Å². The molecule has 0 unspecified atom stereocenters. The SMILES string of the molecule is O=Cc1ccc(-c2noc(CN3CCCC3)n2)cc1. The molecule has 2 aromatic rings.